The molecule has 0 saturated carbocycles. The molecule has 17 heavy (non-hydrogen) atoms. The molecule has 0 heterocycles. The van der Waals surface area contributed by atoms with E-state index in [1.165, 1.54) is 0 Å². The van der Waals surface area contributed by atoms with E-state index in [1.54, 1.807) is 14.2 Å². The Morgan fingerprint density at radius 3 is 2.24 bits per heavy atom. The van der Waals surface area contributed by atoms with Gasteiger partial charge in [-0.3, -0.25) is 0 Å². The number of ether oxygens (including phenoxy) is 2. The zero-order valence-electron chi connectivity index (χ0n) is 11.1. The summed E-state index contributed by atoms with van der Waals surface area (Å²) in [7, 11) is 7.39. The number of methoxy groups -OCH3 is 2. The minimum absolute atomic E-state index is 0.682. The average molecular weight is 238 g/mol. The van der Waals surface area contributed by atoms with E-state index in [2.05, 4.69) is 19.0 Å². The minimum atomic E-state index is 0.682. The van der Waals surface area contributed by atoms with Gasteiger partial charge in [0.1, 0.15) is 0 Å². The fraction of sp³-hybridized carbons (Fsp3) is 0.538. The van der Waals surface area contributed by atoms with Gasteiger partial charge in [-0.2, -0.15) is 0 Å². The van der Waals surface area contributed by atoms with E-state index in [1.807, 2.05) is 12.1 Å². The number of hydrogen-bond donors (Lipinski definition) is 1. The van der Waals surface area contributed by atoms with E-state index in [9.17, 15) is 0 Å². The number of nitrogens with zero attached hydrogens (tertiary/aromatic N) is 1. The molecule has 0 aliphatic rings. The van der Waals surface area contributed by atoms with Gasteiger partial charge in [0.25, 0.3) is 0 Å². The lowest BCUT2D eigenvalue weighted by atomic mass is 10.1. The Hall–Kier alpha value is -1.42. The van der Waals surface area contributed by atoms with E-state index < -0.39 is 0 Å². The third kappa shape index (κ3) is 3.82. The summed E-state index contributed by atoms with van der Waals surface area (Å²) < 4.78 is 10.5. The van der Waals surface area contributed by atoms with E-state index in [0.29, 0.717) is 5.75 Å². The molecule has 0 radical (unpaired) electrons. The van der Waals surface area contributed by atoms with Crippen molar-refractivity contribution in [2.24, 2.45) is 0 Å². The summed E-state index contributed by atoms with van der Waals surface area (Å²) in [6, 6.07) is 3.79. The summed E-state index contributed by atoms with van der Waals surface area (Å²) in [5.41, 5.74) is 7.87. The number of hydrogen-bond acceptors (Lipinski definition) is 4. The maximum Gasteiger partial charge on any atom is 0.162 e. The number of benzene rings is 1. The first-order valence-electron chi connectivity index (χ1n) is 5.73. The molecular formula is C13H22N2O2. The number of anilines is 1. The molecule has 0 saturated heterocycles. The molecule has 0 fully saturated rings. The molecule has 4 heteroatoms. The first-order valence-corrected chi connectivity index (χ1v) is 5.73. The smallest absolute Gasteiger partial charge is 0.162 e. The highest BCUT2D eigenvalue weighted by Gasteiger charge is 2.08. The Morgan fingerprint density at radius 1 is 1.12 bits per heavy atom. The van der Waals surface area contributed by atoms with Gasteiger partial charge in [-0.1, -0.05) is 0 Å². The van der Waals surface area contributed by atoms with Crippen molar-refractivity contribution in [1.82, 2.24) is 4.90 Å². The van der Waals surface area contributed by atoms with Crippen molar-refractivity contribution in [3.8, 4) is 11.5 Å². The molecular weight excluding hydrogens is 216 g/mol. The minimum Gasteiger partial charge on any atom is -0.493 e. The van der Waals surface area contributed by atoms with Crippen LogP contribution < -0.4 is 15.2 Å². The first-order chi connectivity index (χ1) is 8.08. The van der Waals surface area contributed by atoms with Gasteiger partial charge in [0, 0.05) is 11.8 Å². The number of nitrogen functional groups attached to an aromatic ring is 1. The molecule has 96 valence electrons. The zero-order valence-corrected chi connectivity index (χ0v) is 11.1. The Morgan fingerprint density at radius 2 is 1.71 bits per heavy atom. The van der Waals surface area contributed by atoms with Gasteiger partial charge >= 0.3 is 0 Å². The van der Waals surface area contributed by atoms with Crippen molar-refractivity contribution in [3.05, 3.63) is 17.7 Å². The highest BCUT2D eigenvalue weighted by Crippen LogP contribution is 2.32. The molecule has 1 aromatic carbocycles. The summed E-state index contributed by atoms with van der Waals surface area (Å²) in [5.74, 6) is 1.42. The summed E-state index contributed by atoms with van der Waals surface area (Å²) >= 11 is 0. The SMILES string of the molecule is COc1cc(N)c(CCCN(C)C)cc1OC. The van der Waals surface area contributed by atoms with Gasteiger partial charge in [0.15, 0.2) is 11.5 Å². The molecule has 1 rings (SSSR count). The molecule has 0 aromatic heterocycles. The van der Waals surface area contributed by atoms with E-state index in [0.717, 1.165) is 36.4 Å². The second-order valence-electron chi connectivity index (χ2n) is 4.31. The maximum absolute atomic E-state index is 5.99. The summed E-state index contributed by atoms with van der Waals surface area (Å²) in [6.45, 7) is 1.05. The molecule has 0 bridgehead atoms. The molecule has 0 aliphatic carbocycles. The highest BCUT2D eigenvalue weighted by molar-refractivity contribution is 5.58. The summed E-state index contributed by atoms with van der Waals surface area (Å²) in [5, 5.41) is 0. The van der Waals surface area contributed by atoms with Gasteiger partial charge in [0.05, 0.1) is 14.2 Å². The van der Waals surface area contributed by atoms with Gasteiger partial charge < -0.3 is 20.1 Å². The van der Waals surface area contributed by atoms with Crippen LogP contribution in [0.3, 0.4) is 0 Å². The topological polar surface area (TPSA) is 47.7 Å². The van der Waals surface area contributed by atoms with Crippen LogP contribution >= 0.6 is 0 Å². The van der Waals surface area contributed by atoms with Crippen LogP contribution in [0.25, 0.3) is 0 Å². The lowest BCUT2D eigenvalue weighted by molar-refractivity contribution is 0.354. The standard InChI is InChI=1S/C13H22N2O2/c1-15(2)7-5-6-10-8-12(16-3)13(17-4)9-11(10)14/h8-9H,5-7,14H2,1-4H3. The van der Waals surface area contributed by atoms with E-state index >= 15 is 0 Å². The van der Waals surface area contributed by atoms with E-state index in [-0.39, 0.29) is 0 Å². The number of rotatable bonds is 6. The zero-order chi connectivity index (χ0) is 12.8. The Balaban J connectivity index is 2.78. The predicted octanol–water partition coefficient (Wildman–Crippen LogP) is 1.78. The summed E-state index contributed by atoms with van der Waals surface area (Å²) in [4.78, 5) is 2.16. The number of nitrogens with two attached hydrogens (primary N) is 1. The fourth-order valence-electron chi connectivity index (χ4n) is 1.74. The van der Waals surface area contributed by atoms with Crippen molar-refractivity contribution in [1.29, 1.82) is 0 Å². The monoisotopic (exact) mass is 238 g/mol. The Labute approximate surface area is 103 Å². The summed E-state index contributed by atoms with van der Waals surface area (Å²) in [6.07, 6.45) is 2.02. The molecule has 0 aliphatic heterocycles. The highest BCUT2D eigenvalue weighted by atomic mass is 16.5. The fourth-order valence-corrected chi connectivity index (χ4v) is 1.74. The second kappa shape index (κ2) is 6.35. The normalized spacial score (nSPS) is 10.6. The van der Waals surface area contributed by atoms with Crippen molar-refractivity contribution < 1.29 is 9.47 Å². The molecule has 0 spiro atoms. The Bertz CT molecular complexity index is 365. The van der Waals surface area contributed by atoms with Gasteiger partial charge in [0.2, 0.25) is 0 Å². The average Bonchev–Trinajstić information content (AvgIpc) is 2.30. The lowest BCUT2D eigenvalue weighted by Gasteiger charge is -2.13. The van der Waals surface area contributed by atoms with Crippen LogP contribution in [0.15, 0.2) is 12.1 Å². The van der Waals surface area contributed by atoms with Crippen molar-refractivity contribution in [2.45, 2.75) is 12.8 Å². The molecule has 0 amide bonds. The molecule has 0 atom stereocenters. The van der Waals surface area contributed by atoms with Crippen LogP contribution in [-0.2, 0) is 6.42 Å². The third-order valence-electron chi connectivity index (χ3n) is 2.70. The molecule has 0 unspecified atom stereocenters. The van der Waals surface area contributed by atoms with Gasteiger partial charge in [-0.25, -0.2) is 0 Å². The maximum atomic E-state index is 5.99. The van der Waals surface area contributed by atoms with Crippen molar-refractivity contribution in [3.63, 3.8) is 0 Å². The van der Waals surface area contributed by atoms with Gasteiger partial charge in [-0.05, 0) is 45.1 Å². The first kappa shape index (κ1) is 13.6. The van der Waals surface area contributed by atoms with Gasteiger partial charge in [-0.15, -0.1) is 0 Å². The van der Waals surface area contributed by atoms with Crippen LogP contribution in [0.2, 0.25) is 0 Å². The van der Waals surface area contributed by atoms with Crippen molar-refractivity contribution in [2.75, 3.05) is 40.6 Å². The van der Waals surface area contributed by atoms with E-state index in [4.69, 9.17) is 15.2 Å². The van der Waals surface area contributed by atoms with Crippen molar-refractivity contribution >= 4 is 5.69 Å². The largest absolute Gasteiger partial charge is 0.493 e. The lowest BCUT2D eigenvalue weighted by Crippen LogP contribution is -2.13. The third-order valence-corrected chi connectivity index (χ3v) is 2.70. The van der Waals surface area contributed by atoms with Crippen LogP contribution in [0, 0.1) is 0 Å². The molecule has 1 aromatic rings. The molecule has 4 nitrogen and oxygen atoms in total. The second-order valence-corrected chi connectivity index (χ2v) is 4.31. The van der Waals surface area contributed by atoms with Crippen LogP contribution in [0.4, 0.5) is 5.69 Å². The van der Waals surface area contributed by atoms with Crippen LogP contribution in [-0.4, -0.2) is 39.8 Å². The van der Waals surface area contributed by atoms with Crippen LogP contribution in [0.5, 0.6) is 11.5 Å². The Kier molecular flexibility index (Phi) is 5.10. The quantitative estimate of drug-likeness (QED) is 0.767. The van der Waals surface area contributed by atoms with Crippen LogP contribution in [0.1, 0.15) is 12.0 Å². The predicted molar refractivity (Wildman–Crippen MR) is 70.8 cm³/mol. The number of aryl methyl sites for hydroxylation is 1. The molecule has 2 N–H and O–H groups in total.